The van der Waals surface area contributed by atoms with E-state index in [0.717, 1.165) is 10.0 Å². The second-order valence-corrected chi connectivity index (χ2v) is 10.3. The average molecular weight is 576 g/mol. The fourth-order valence-electron chi connectivity index (χ4n) is 4.22. The molecule has 2 N–H and O–H groups in total. The van der Waals surface area contributed by atoms with Crippen molar-refractivity contribution in [2.24, 2.45) is 4.99 Å². The highest BCUT2D eigenvalue weighted by Crippen LogP contribution is 2.32. The number of benzene rings is 3. The molecule has 0 aliphatic carbocycles. The van der Waals surface area contributed by atoms with Crippen LogP contribution in [0.15, 0.2) is 98.3 Å². The van der Waals surface area contributed by atoms with Crippen LogP contribution < -0.4 is 24.9 Å². The van der Waals surface area contributed by atoms with Crippen LogP contribution in [0.3, 0.4) is 0 Å². The molecule has 1 aromatic heterocycles. The van der Waals surface area contributed by atoms with Gasteiger partial charge in [-0.15, -0.1) is 0 Å². The fourth-order valence-corrected chi connectivity index (χ4v) is 5.63. The number of rotatable bonds is 5. The van der Waals surface area contributed by atoms with Gasteiger partial charge in [-0.25, -0.2) is 4.99 Å². The summed E-state index contributed by atoms with van der Waals surface area (Å²) in [5.74, 6) is 0.379. The van der Waals surface area contributed by atoms with Gasteiger partial charge < -0.3 is 15.2 Å². The molecule has 1 amide bonds. The first kappa shape index (κ1) is 24.7. The maximum Gasteiger partial charge on any atom is 0.271 e. The maximum absolute atomic E-state index is 13.8. The van der Waals surface area contributed by atoms with Gasteiger partial charge in [0.1, 0.15) is 11.5 Å². The molecule has 9 heteroatoms. The smallest absolute Gasteiger partial charge is 0.271 e. The molecule has 186 valence electrons. The van der Waals surface area contributed by atoms with Crippen LogP contribution in [0.5, 0.6) is 11.5 Å². The predicted octanol–water partition coefficient (Wildman–Crippen LogP) is 4.35. The van der Waals surface area contributed by atoms with Gasteiger partial charge >= 0.3 is 0 Å². The minimum atomic E-state index is -0.705. The van der Waals surface area contributed by atoms with Crippen LogP contribution in [0.2, 0.25) is 0 Å². The molecule has 0 spiro atoms. The molecule has 0 radical (unpaired) electrons. The Morgan fingerprint density at radius 3 is 2.57 bits per heavy atom. The Balaban J connectivity index is 1.69. The van der Waals surface area contributed by atoms with Gasteiger partial charge in [0, 0.05) is 15.7 Å². The van der Waals surface area contributed by atoms with Crippen LogP contribution in [0.25, 0.3) is 6.08 Å². The summed E-state index contributed by atoms with van der Waals surface area (Å²) in [6.45, 7) is 1.77. The molecule has 1 aliphatic heterocycles. The Hall–Kier alpha value is -3.95. The molecular formula is C28H22BrN3O4S. The van der Waals surface area contributed by atoms with Crippen molar-refractivity contribution < 1.29 is 14.6 Å². The molecule has 1 aliphatic rings. The molecule has 1 atom stereocenters. The minimum Gasteiger partial charge on any atom is -0.507 e. The Morgan fingerprint density at radius 2 is 1.86 bits per heavy atom. The Kier molecular flexibility index (Phi) is 6.82. The van der Waals surface area contributed by atoms with Gasteiger partial charge in [-0.05, 0) is 61.0 Å². The monoisotopic (exact) mass is 575 g/mol. The number of carbonyl (C=O) groups is 1. The number of allylic oxidation sites excluding steroid dienone is 1. The highest BCUT2D eigenvalue weighted by atomic mass is 79.9. The van der Waals surface area contributed by atoms with Gasteiger partial charge in [0.2, 0.25) is 0 Å². The second kappa shape index (κ2) is 10.2. The number of fused-ring (bicyclic) bond motifs is 1. The molecule has 7 nitrogen and oxygen atoms in total. The molecular weight excluding hydrogens is 554 g/mol. The van der Waals surface area contributed by atoms with E-state index in [9.17, 15) is 14.7 Å². The number of aromatic nitrogens is 1. The van der Waals surface area contributed by atoms with Gasteiger partial charge in [0.05, 0.1) is 29.0 Å². The van der Waals surface area contributed by atoms with Gasteiger partial charge in [0.25, 0.3) is 11.5 Å². The Morgan fingerprint density at radius 1 is 1.14 bits per heavy atom. The third-order valence-corrected chi connectivity index (χ3v) is 7.48. The highest BCUT2D eigenvalue weighted by Gasteiger charge is 2.32. The van der Waals surface area contributed by atoms with Crippen LogP contribution in [-0.2, 0) is 4.79 Å². The van der Waals surface area contributed by atoms with Gasteiger partial charge in [0.15, 0.2) is 4.80 Å². The van der Waals surface area contributed by atoms with Crippen molar-refractivity contribution in [2.45, 2.75) is 13.0 Å². The summed E-state index contributed by atoms with van der Waals surface area (Å²) in [4.78, 5) is 32.5. The number of nitrogens with one attached hydrogen (secondary N) is 1. The normalized spacial score (nSPS) is 15.2. The van der Waals surface area contributed by atoms with E-state index in [-0.39, 0.29) is 17.2 Å². The number of nitrogens with zero attached hydrogens (tertiary/aromatic N) is 2. The summed E-state index contributed by atoms with van der Waals surface area (Å²) >= 11 is 4.62. The number of thiazole rings is 1. The average Bonchev–Trinajstić information content (AvgIpc) is 3.20. The lowest BCUT2D eigenvalue weighted by molar-refractivity contribution is -0.113. The van der Waals surface area contributed by atoms with Crippen molar-refractivity contribution in [3.63, 3.8) is 0 Å². The zero-order valence-electron chi connectivity index (χ0n) is 19.9. The Labute approximate surface area is 224 Å². The molecule has 0 saturated carbocycles. The number of aromatic hydroxyl groups is 1. The van der Waals surface area contributed by atoms with Crippen LogP contribution >= 0.6 is 27.3 Å². The number of amides is 1. The largest absolute Gasteiger partial charge is 0.507 e. The highest BCUT2D eigenvalue weighted by molar-refractivity contribution is 9.10. The van der Waals surface area contributed by atoms with Crippen molar-refractivity contribution in [3.05, 3.63) is 119 Å². The van der Waals surface area contributed by atoms with Crippen LogP contribution in [0.4, 0.5) is 5.69 Å². The minimum absolute atomic E-state index is 0.0554. The van der Waals surface area contributed by atoms with E-state index in [4.69, 9.17) is 4.74 Å². The lowest BCUT2D eigenvalue weighted by atomic mass is 9.95. The van der Waals surface area contributed by atoms with Crippen molar-refractivity contribution in [3.8, 4) is 11.5 Å². The fraction of sp³-hybridized carbons (Fsp3) is 0.107. The number of para-hydroxylation sites is 1. The first-order valence-electron chi connectivity index (χ1n) is 11.4. The van der Waals surface area contributed by atoms with E-state index in [1.54, 1.807) is 67.1 Å². The maximum atomic E-state index is 13.8. The third kappa shape index (κ3) is 4.87. The van der Waals surface area contributed by atoms with Gasteiger partial charge in [-0.3, -0.25) is 14.2 Å². The molecule has 0 fully saturated rings. The topological polar surface area (TPSA) is 92.9 Å². The van der Waals surface area contributed by atoms with Crippen molar-refractivity contribution in [1.29, 1.82) is 0 Å². The summed E-state index contributed by atoms with van der Waals surface area (Å²) in [6, 6.07) is 20.7. The number of carbonyl (C=O) groups excluding carboxylic acids is 1. The van der Waals surface area contributed by atoms with E-state index in [1.807, 2.05) is 30.3 Å². The van der Waals surface area contributed by atoms with Crippen molar-refractivity contribution in [1.82, 2.24) is 4.57 Å². The van der Waals surface area contributed by atoms with Crippen LogP contribution in [-0.4, -0.2) is 22.7 Å². The predicted molar refractivity (Wildman–Crippen MR) is 148 cm³/mol. The quantitative estimate of drug-likeness (QED) is 0.370. The van der Waals surface area contributed by atoms with E-state index in [0.29, 0.717) is 37.6 Å². The van der Waals surface area contributed by atoms with E-state index >= 15 is 0 Å². The molecule has 0 bridgehead atoms. The SMILES string of the molecule is COc1ccc([C@@H]2C(C(=O)Nc3ccccc3)=C(C)N=c3s/c(=C/c4cc(Br)ccc4O)c(=O)n32)cc1. The zero-order chi connectivity index (χ0) is 26.1. The molecule has 2 heterocycles. The van der Waals surface area contributed by atoms with E-state index < -0.39 is 6.04 Å². The number of hydrogen-bond donors (Lipinski definition) is 2. The van der Waals surface area contributed by atoms with Crippen LogP contribution in [0, 0.1) is 0 Å². The Bertz CT molecular complexity index is 1710. The molecule has 0 unspecified atom stereocenters. The molecule has 5 rings (SSSR count). The third-order valence-electron chi connectivity index (χ3n) is 6.01. The first-order chi connectivity index (χ1) is 17.9. The van der Waals surface area contributed by atoms with Gasteiger partial charge in [-0.1, -0.05) is 57.6 Å². The number of ether oxygens (including phenoxy) is 1. The summed E-state index contributed by atoms with van der Waals surface area (Å²) in [7, 11) is 1.58. The summed E-state index contributed by atoms with van der Waals surface area (Å²) in [6.07, 6.45) is 1.64. The number of halogens is 1. The standard InChI is InChI=1S/C28H22BrN3O4S/c1-16-24(26(34)31-20-6-4-3-5-7-20)25(17-8-11-21(36-2)12-9-17)32-27(35)23(37-28(32)30-16)15-18-14-19(29)10-13-22(18)33/h3-15,25,33H,1-2H3,(H,31,34)/b23-15+/t25-/m1/s1. The van der Waals surface area contributed by atoms with Gasteiger partial charge in [-0.2, -0.15) is 0 Å². The number of phenolic OH excluding ortho intramolecular Hbond substituents is 1. The lowest BCUT2D eigenvalue weighted by Gasteiger charge is -2.25. The first-order valence-corrected chi connectivity index (χ1v) is 13.0. The lowest BCUT2D eigenvalue weighted by Crippen LogP contribution is -2.40. The molecule has 37 heavy (non-hydrogen) atoms. The van der Waals surface area contributed by atoms with E-state index in [1.165, 1.54) is 11.3 Å². The van der Waals surface area contributed by atoms with Crippen molar-refractivity contribution in [2.75, 3.05) is 12.4 Å². The molecule has 0 saturated heterocycles. The molecule has 4 aromatic rings. The number of hydrogen-bond acceptors (Lipinski definition) is 6. The van der Waals surface area contributed by atoms with Crippen LogP contribution in [0.1, 0.15) is 24.1 Å². The number of methoxy groups -OCH3 is 1. The number of anilines is 1. The zero-order valence-corrected chi connectivity index (χ0v) is 22.3. The summed E-state index contributed by atoms with van der Waals surface area (Å²) in [5, 5.41) is 13.2. The van der Waals surface area contributed by atoms with E-state index in [2.05, 4.69) is 26.2 Å². The number of phenols is 1. The summed E-state index contributed by atoms with van der Waals surface area (Å²) in [5.41, 5.74) is 2.47. The molecule has 3 aromatic carbocycles. The second-order valence-electron chi connectivity index (χ2n) is 8.38. The summed E-state index contributed by atoms with van der Waals surface area (Å²) < 4.78 is 8.01. The van der Waals surface area contributed by atoms with Crippen molar-refractivity contribution >= 4 is 44.9 Å².